The van der Waals surface area contributed by atoms with Crippen molar-refractivity contribution in [1.29, 1.82) is 0 Å². The highest BCUT2D eigenvalue weighted by Gasteiger charge is 2.28. The van der Waals surface area contributed by atoms with Gasteiger partial charge in [0.05, 0.1) is 4.92 Å². The number of nitrogens with one attached hydrogen (secondary N) is 2. The number of aryl methyl sites for hydroxylation is 1. The van der Waals surface area contributed by atoms with Crippen LogP contribution in [0.4, 0.5) is 11.4 Å². The van der Waals surface area contributed by atoms with Crippen LogP contribution in [0.15, 0.2) is 18.2 Å². The molecule has 1 aromatic carbocycles. The van der Waals surface area contributed by atoms with Gasteiger partial charge in [-0.15, -0.1) is 0 Å². The fourth-order valence-electron chi connectivity index (χ4n) is 1.80. The number of nitro benzene ring substituents is 1. The summed E-state index contributed by atoms with van der Waals surface area (Å²) >= 11 is 0. The minimum atomic E-state index is -0.393. The average Bonchev–Trinajstić information content (AvgIpc) is 3.20. The van der Waals surface area contributed by atoms with Crippen LogP contribution >= 0.6 is 0 Å². The number of hydrogen-bond donors (Lipinski definition) is 2. The number of anilines is 1. The van der Waals surface area contributed by atoms with Gasteiger partial charge in [-0.2, -0.15) is 0 Å². The van der Waals surface area contributed by atoms with Gasteiger partial charge in [-0.3, -0.25) is 14.9 Å². The predicted octanol–water partition coefficient (Wildman–Crippen LogP) is 1.84. The zero-order valence-corrected chi connectivity index (χ0v) is 10.8. The van der Waals surface area contributed by atoms with Crippen LogP contribution in [0.2, 0.25) is 0 Å². The monoisotopic (exact) mass is 263 g/mol. The van der Waals surface area contributed by atoms with Gasteiger partial charge in [0.1, 0.15) is 0 Å². The van der Waals surface area contributed by atoms with Crippen molar-refractivity contribution in [3.63, 3.8) is 0 Å². The molecular weight excluding hydrogens is 246 g/mol. The highest BCUT2D eigenvalue weighted by atomic mass is 16.6. The molecule has 2 N–H and O–H groups in total. The number of carbonyl (C=O) groups excluding carboxylic acids is 1. The summed E-state index contributed by atoms with van der Waals surface area (Å²) in [4.78, 5) is 21.8. The summed E-state index contributed by atoms with van der Waals surface area (Å²) in [6, 6.07) is 5.02. The second kappa shape index (κ2) is 5.69. The van der Waals surface area contributed by atoms with E-state index in [-0.39, 0.29) is 17.5 Å². The van der Waals surface area contributed by atoms with Gasteiger partial charge in [-0.1, -0.05) is 6.07 Å². The van der Waals surface area contributed by atoms with Crippen LogP contribution in [0.3, 0.4) is 0 Å². The Hall–Kier alpha value is -2.11. The molecule has 0 saturated heterocycles. The molecule has 0 bridgehead atoms. The Morgan fingerprint density at radius 3 is 2.79 bits per heavy atom. The molecule has 0 heterocycles. The lowest BCUT2D eigenvalue weighted by molar-refractivity contribution is -0.385. The maximum atomic E-state index is 11.4. The van der Waals surface area contributed by atoms with Crippen LogP contribution in [0.5, 0.6) is 0 Å². The Bertz CT molecular complexity index is 498. The van der Waals surface area contributed by atoms with Crippen LogP contribution < -0.4 is 10.6 Å². The van der Waals surface area contributed by atoms with Gasteiger partial charge < -0.3 is 10.6 Å². The first kappa shape index (κ1) is 13.3. The molecule has 1 aliphatic rings. The van der Waals surface area contributed by atoms with E-state index in [1.54, 1.807) is 19.1 Å². The third-order valence-corrected chi connectivity index (χ3v) is 3.11. The molecule has 1 amide bonds. The van der Waals surface area contributed by atoms with Crippen molar-refractivity contribution in [3.05, 3.63) is 33.9 Å². The quantitative estimate of drug-likeness (QED) is 0.466. The van der Waals surface area contributed by atoms with E-state index in [0.717, 1.165) is 12.8 Å². The van der Waals surface area contributed by atoms with Crippen LogP contribution in [0.1, 0.15) is 18.4 Å². The van der Waals surface area contributed by atoms with E-state index in [9.17, 15) is 14.9 Å². The molecule has 1 saturated carbocycles. The highest BCUT2D eigenvalue weighted by Crippen LogP contribution is 2.28. The summed E-state index contributed by atoms with van der Waals surface area (Å²) in [5, 5.41) is 16.7. The summed E-state index contributed by atoms with van der Waals surface area (Å²) < 4.78 is 0. The Kier molecular flexibility index (Phi) is 3.99. The van der Waals surface area contributed by atoms with E-state index in [4.69, 9.17) is 0 Å². The fourth-order valence-corrected chi connectivity index (χ4v) is 1.80. The molecule has 0 aliphatic heterocycles. The number of hydrogen-bond acceptors (Lipinski definition) is 4. The molecule has 1 aromatic rings. The van der Waals surface area contributed by atoms with Gasteiger partial charge in [-0.25, -0.2) is 0 Å². The summed E-state index contributed by atoms with van der Waals surface area (Å²) in [7, 11) is 0. The molecule has 6 nitrogen and oxygen atoms in total. The predicted molar refractivity (Wildman–Crippen MR) is 72.1 cm³/mol. The van der Waals surface area contributed by atoms with Crippen LogP contribution in [0, 0.1) is 23.0 Å². The molecule has 19 heavy (non-hydrogen) atoms. The Morgan fingerprint density at radius 2 is 2.16 bits per heavy atom. The van der Waals surface area contributed by atoms with E-state index in [1.165, 1.54) is 6.07 Å². The van der Waals surface area contributed by atoms with Crippen molar-refractivity contribution in [3.8, 4) is 0 Å². The maximum absolute atomic E-state index is 11.4. The SMILES string of the molecule is Cc1ccc(NCCNC(=O)C2CC2)cc1[N+](=O)[O-]. The molecule has 0 radical (unpaired) electrons. The second-order valence-corrected chi connectivity index (χ2v) is 4.75. The van der Waals surface area contributed by atoms with E-state index in [0.29, 0.717) is 24.3 Å². The molecule has 6 heteroatoms. The average molecular weight is 263 g/mol. The third-order valence-electron chi connectivity index (χ3n) is 3.11. The lowest BCUT2D eigenvalue weighted by Crippen LogP contribution is -2.29. The third kappa shape index (κ3) is 3.67. The molecule has 0 aromatic heterocycles. The van der Waals surface area contributed by atoms with Gasteiger partial charge in [-0.05, 0) is 25.8 Å². The van der Waals surface area contributed by atoms with Gasteiger partial charge in [0.15, 0.2) is 0 Å². The molecule has 0 atom stereocenters. The number of rotatable bonds is 6. The van der Waals surface area contributed by atoms with Gasteiger partial charge in [0, 0.05) is 36.3 Å². The topological polar surface area (TPSA) is 84.3 Å². The largest absolute Gasteiger partial charge is 0.383 e. The van der Waals surface area contributed by atoms with Crippen LogP contribution in [-0.4, -0.2) is 23.9 Å². The fraction of sp³-hybridized carbons (Fsp3) is 0.462. The number of benzene rings is 1. The zero-order chi connectivity index (χ0) is 13.8. The Morgan fingerprint density at radius 1 is 1.42 bits per heavy atom. The first-order valence-electron chi connectivity index (χ1n) is 6.34. The highest BCUT2D eigenvalue weighted by molar-refractivity contribution is 5.80. The van der Waals surface area contributed by atoms with E-state index in [1.807, 2.05) is 0 Å². The van der Waals surface area contributed by atoms with Gasteiger partial charge in [0.2, 0.25) is 5.91 Å². The van der Waals surface area contributed by atoms with Crippen molar-refractivity contribution in [1.82, 2.24) is 5.32 Å². The maximum Gasteiger partial charge on any atom is 0.274 e. The van der Waals surface area contributed by atoms with Crippen molar-refractivity contribution in [2.75, 3.05) is 18.4 Å². The first-order valence-corrected chi connectivity index (χ1v) is 6.34. The summed E-state index contributed by atoms with van der Waals surface area (Å²) in [5.74, 6) is 0.317. The lowest BCUT2D eigenvalue weighted by Gasteiger charge is -2.08. The van der Waals surface area contributed by atoms with Crippen LogP contribution in [-0.2, 0) is 4.79 Å². The summed E-state index contributed by atoms with van der Waals surface area (Å²) in [6.45, 7) is 2.79. The Labute approximate surface area is 111 Å². The van der Waals surface area contributed by atoms with Gasteiger partial charge in [0.25, 0.3) is 5.69 Å². The number of amides is 1. The number of carbonyl (C=O) groups is 1. The van der Waals surface area contributed by atoms with Crippen molar-refractivity contribution in [2.24, 2.45) is 5.92 Å². The Balaban J connectivity index is 1.80. The molecule has 0 spiro atoms. The normalized spacial score (nSPS) is 13.9. The lowest BCUT2D eigenvalue weighted by atomic mass is 10.2. The zero-order valence-electron chi connectivity index (χ0n) is 10.8. The van der Waals surface area contributed by atoms with Crippen molar-refractivity contribution >= 4 is 17.3 Å². The summed E-state index contributed by atoms with van der Waals surface area (Å²) in [6.07, 6.45) is 1.98. The molecular formula is C13H17N3O3. The molecule has 2 rings (SSSR count). The number of nitrogens with zero attached hydrogens (tertiary/aromatic N) is 1. The van der Waals surface area contributed by atoms with E-state index < -0.39 is 4.92 Å². The van der Waals surface area contributed by atoms with Gasteiger partial charge >= 0.3 is 0 Å². The second-order valence-electron chi connectivity index (χ2n) is 4.75. The molecule has 1 fully saturated rings. The molecule has 102 valence electrons. The first-order chi connectivity index (χ1) is 9.08. The standard InChI is InChI=1S/C13H17N3O3/c1-9-2-5-11(8-12(9)16(18)19)14-6-7-15-13(17)10-3-4-10/h2,5,8,10,14H,3-4,6-7H2,1H3,(H,15,17). The minimum Gasteiger partial charge on any atom is -0.383 e. The number of nitro groups is 1. The van der Waals surface area contributed by atoms with E-state index in [2.05, 4.69) is 10.6 Å². The van der Waals surface area contributed by atoms with E-state index >= 15 is 0 Å². The molecule has 1 aliphatic carbocycles. The van der Waals surface area contributed by atoms with Crippen molar-refractivity contribution < 1.29 is 9.72 Å². The minimum absolute atomic E-state index is 0.104. The summed E-state index contributed by atoms with van der Waals surface area (Å²) in [5.41, 5.74) is 1.43. The molecule has 0 unspecified atom stereocenters. The van der Waals surface area contributed by atoms with Crippen LogP contribution in [0.25, 0.3) is 0 Å². The smallest absolute Gasteiger partial charge is 0.274 e. The van der Waals surface area contributed by atoms with Crippen molar-refractivity contribution in [2.45, 2.75) is 19.8 Å².